The summed E-state index contributed by atoms with van der Waals surface area (Å²) >= 11 is 1.27. The lowest BCUT2D eigenvalue weighted by atomic mass is 10.1. The maximum atomic E-state index is 12.3. The van der Waals surface area contributed by atoms with Crippen LogP contribution in [0.2, 0.25) is 0 Å². The van der Waals surface area contributed by atoms with Gasteiger partial charge in [-0.05, 0) is 43.9 Å². The van der Waals surface area contributed by atoms with E-state index in [2.05, 4.69) is 15.3 Å². The molecule has 170 valence electrons. The number of hydrogen-bond donors (Lipinski definition) is 5. The van der Waals surface area contributed by atoms with Gasteiger partial charge < -0.3 is 25.8 Å². The largest absolute Gasteiger partial charge is 0.481 e. The third-order valence-corrected chi connectivity index (χ3v) is 5.99. The fourth-order valence-electron chi connectivity index (χ4n) is 3.29. The number of hydrogen-bond acceptors (Lipinski definition) is 7. The van der Waals surface area contributed by atoms with Crippen molar-refractivity contribution in [3.63, 3.8) is 0 Å². The average molecular weight is 462 g/mol. The Kier molecular flexibility index (Phi) is 7.25. The average Bonchev–Trinajstić information content (AvgIpc) is 3.35. The molecule has 0 aliphatic heterocycles. The molecule has 3 rings (SSSR count). The van der Waals surface area contributed by atoms with E-state index in [0.717, 1.165) is 24.1 Å². The van der Waals surface area contributed by atoms with Gasteiger partial charge in [-0.2, -0.15) is 0 Å². The zero-order valence-electron chi connectivity index (χ0n) is 17.0. The second-order valence-corrected chi connectivity index (χ2v) is 8.38. The molecule has 6 N–H and O–H groups in total. The summed E-state index contributed by atoms with van der Waals surface area (Å²) in [7, 11) is 0. The number of nitrogen functional groups attached to an aromatic ring is 1. The predicted molar refractivity (Wildman–Crippen MR) is 118 cm³/mol. The molecular formula is C20H23N5O6S. The summed E-state index contributed by atoms with van der Waals surface area (Å²) < 4.78 is 1.83. The summed E-state index contributed by atoms with van der Waals surface area (Å²) in [5.74, 6) is -2.86. The van der Waals surface area contributed by atoms with E-state index in [9.17, 15) is 19.2 Å². The van der Waals surface area contributed by atoms with Crippen molar-refractivity contribution in [1.82, 2.24) is 19.9 Å². The first-order valence-corrected chi connectivity index (χ1v) is 10.7. The fraction of sp³-hybridized carbons (Fsp3) is 0.350. The monoisotopic (exact) mass is 461 g/mol. The van der Waals surface area contributed by atoms with Crippen molar-refractivity contribution in [1.29, 1.82) is 0 Å². The van der Waals surface area contributed by atoms with Crippen molar-refractivity contribution in [2.75, 3.05) is 5.73 Å². The van der Waals surface area contributed by atoms with Crippen LogP contribution in [0.5, 0.6) is 0 Å². The number of aromatic amines is 1. The number of aromatic nitrogens is 3. The third kappa shape index (κ3) is 5.72. The van der Waals surface area contributed by atoms with Crippen molar-refractivity contribution in [3.8, 4) is 0 Å². The number of nitrogens with one attached hydrogen (secondary N) is 2. The van der Waals surface area contributed by atoms with Crippen molar-refractivity contribution in [2.24, 2.45) is 0 Å². The first-order valence-electron chi connectivity index (χ1n) is 9.93. The van der Waals surface area contributed by atoms with Crippen LogP contribution >= 0.6 is 11.3 Å². The van der Waals surface area contributed by atoms with Gasteiger partial charge in [-0.25, -0.2) is 9.78 Å². The number of fused-ring (bicyclic) bond motifs is 1. The zero-order valence-corrected chi connectivity index (χ0v) is 17.9. The van der Waals surface area contributed by atoms with Gasteiger partial charge in [-0.15, -0.1) is 11.3 Å². The molecule has 1 atom stereocenters. The zero-order chi connectivity index (χ0) is 23.3. The Hall–Kier alpha value is -3.67. The highest BCUT2D eigenvalue weighted by atomic mass is 32.1. The molecule has 0 spiro atoms. The number of thiophene rings is 1. The highest BCUT2D eigenvalue weighted by Gasteiger charge is 2.22. The van der Waals surface area contributed by atoms with E-state index < -0.39 is 23.9 Å². The van der Waals surface area contributed by atoms with E-state index in [-0.39, 0.29) is 24.3 Å². The lowest BCUT2D eigenvalue weighted by Crippen LogP contribution is -2.40. The standard InChI is InChI=1S/C20H23N5O6S/c21-20-23-12-8-10-25(16(12)18(29)24-20)9-2-1-3-11-4-6-14(32-11)17(28)22-13(19(30)31)5-7-15(26)27/h4,6,8,10,13H,1-3,5,7,9H2,(H,22,28)(H,26,27)(H,30,31)(H3,21,23,24,29). The van der Waals surface area contributed by atoms with Crippen LogP contribution in [-0.4, -0.2) is 48.6 Å². The number of carboxylic acid groups (broad SMARTS) is 2. The van der Waals surface area contributed by atoms with E-state index >= 15 is 0 Å². The number of carboxylic acids is 2. The first-order chi connectivity index (χ1) is 15.2. The number of rotatable bonds is 11. The van der Waals surface area contributed by atoms with Crippen molar-refractivity contribution in [2.45, 2.75) is 44.7 Å². The summed E-state index contributed by atoms with van der Waals surface area (Å²) in [5.41, 5.74) is 6.29. The van der Waals surface area contributed by atoms with E-state index in [1.807, 2.05) is 10.6 Å². The van der Waals surface area contributed by atoms with Gasteiger partial charge in [-0.3, -0.25) is 19.4 Å². The fourth-order valence-corrected chi connectivity index (χ4v) is 4.24. The van der Waals surface area contributed by atoms with Crippen LogP contribution in [0.3, 0.4) is 0 Å². The maximum absolute atomic E-state index is 12.3. The second-order valence-electron chi connectivity index (χ2n) is 7.21. The van der Waals surface area contributed by atoms with Crippen LogP contribution in [0.1, 0.15) is 40.2 Å². The Morgan fingerprint density at radius 3 is 2.72 bits per heavy atom. The number of nitrogens with two attached hydrogens (primary N) is 1. The minimum atomic E-state index is -1.27. The van der Waals surface area contributed by atoms with Crippen LogP contribution < -0.4 is 16.6 Å². The van der Waals surface area contributed by atoms with Gasteiger partial charge >= 0.3 is 11.9 Å². The van der Waals surface area contributed by atoms with E-state index in [0.29, 0.717) is 22.5 Å². The SMILES string of the molecule is Nc1nc2ccn(CCCCc3ccc(C(=O)NC(CCC(=O)O)C(=O)O)s3)c2c(=O)[nH]1. The van der Waals surface area contributed by atoms with Gasteiger partial charge in [0.15, 0.2) is 0 Å². The first kappa shape index (κ1) is 23.0. The predicted octanol–water partition coefficient (Wildman–Crippen LogP) is 1.44. The molecule has 32 heavy (non-hydrogen) atoms. The summed E-state index contributed by atoms with van der Waals surface area (Å²) in [6, 6.07) is 3.93. The van der Waals surface area contributed by atoms with Crippen molar-refractivity contribution >= 4 is 46.2 Å². The molecule has 0 radical (unpaired) electrons. The van der Waals surface area contributed by atoms with Crippen LogP contribution in [0, 0.1) is 0 Å². The van der Waals surface area contributed by atoms with Gasteiger partial charge in [0.25, 0.3) is 11.5 Å². The van der Waals surface area contributed by atoms with E-state index in [1.54, 1.807) is 18.3 Å². The molecular weight excluding hydrogens is 438 g/mol. The van der Waals surface area contributed by atoms with Crippen LogP contribution in [-0.2, 0) is 22.6 Å². The molecule has 0 bridgehead atoms. The minimum Gasteiger partial charge on any atom is -0.481 e. The molecule has 3 aromatic heterocycles. The van der Waals surface area contributed by atoms with Crippen molar-refractivity contribution < 1.29 is 24.6 Å². The van der Waals surface area contributed by atoms with Gasteiger partial charge in [0.1, 0.15) is 11.6 Å². The molecule has 0 fully saturated rings. The lowest BCUT2D eigenvalue weighted by Gasteiger charge is -2.12. The summed E-state index contributed by atoms with van der Waals surface area (Å²) in [6.45, 7) is 0.626. The number of carbonyl (C=O) groups is 3. The molecule has 0 aliphatic carbocycles. The van der Waals surface area contributed by atoms with Crippen molar-refractivity contribution in [3.05, 3.63) is 44.5 Å². The smallest absolute Gasteiger partial charge is 0.326 e. The Morgan fingerprint density at radius 1 is 1.22 bits per heavy atom. The van der Waals surface area contributed by atoms with E-state index in [1.165, 1.54) is 11.3 Å². The van der Waals surface area contributed by atoms with E-state index in [4.69, 9.17) is 15.9 Å². The third-order valence-electron chi connectivity index (χ3n) is 4.85. The van der Waals surface area contributed by atoms with Crippen LogP contribution in [0.25, 0.3) is 11.0 Å². The number of aliphatic carboxylic acids is 2. The Labute approximate surface area is 185 Å². The quantitative estimate of drug-likeness (QED) is 0.266. The number of anilines is 1. The molecule has 0 aliphatic rings. The van der Waals surface area contributed by atoms with Crippen LogP contribution in [0.4, 0.5) is 5.95 Å². The van der Waals surface area contributed by atoms with Gasteiger partial charge in [0, 0.05) is 24.0 Å². The number of amides is 1. The minimum absolute atomic E-state index is 0.0781. The molecule has 0 saturated carbocycles. The molecule has 0 aromatic carbocycles. The Balaban J connectivity index is 1.51. The van der Waals surface area contributed by atoms with Gasteiger partial charge in [-0.1, -0.05) is 0 Å². The Bertz CT molecular complexity index is 1200. The topological polar surface area (TPSA) is 180 Å². The molecule has 3 heterocycles. The molecule has 12 heteroatoms. The number of nitrogens with zero attached hydrogens (tertiary/aromatic N) is 2. The normalized spacial score (nSPS) is 12.0. The highest BCUT2D eigenvalue weighted by Crippen LogP contribution is 2.20. The molecule has 11 nitrogen and oxygen atoms in total. The Morgan fingerprint density at radius 2 is 2.00 bits per heavy atom. The molecule has 1 unspecified atom stereocenters. The molecule has 1 amide bonds. The number of carbonyl (C=O) groups excluding carboxylic acids is 1. The lowest BCUT2D eigenvalue weighted by molar-refractivity contribution is -0.140. The molecule has 3 aromatic rings. The summed E-state index contributed by atoms with van der Waals surface area (Å²) in [5, 5.41) is 20.2. The number of unbranched alkanes of at least 4 members (excludes halogenated alkanes) is 1. The second kappa shape index (κ2) is 10.1. The molecule has 0 saturated heterocycles. The maximum Gasteiger partial charge on any atom is 0.326 e. The van der Waals surface area contributed by atoms with Gasteiger partial charge in [0.05, 0.1) is 10.4 Å². The van der Waals surface area contributed by atoms with Crippen LogP contribution in [0.15, 0.2) is 29.2 Å². The highest BCUT2D eigenvalue weighted by molar-refractivity contribution is 7.14. The van der Waals surface area contributed by atoms with Gasteiger partial charge in [0.2, 0.25) is 5.95 Å². The summed E-state index contributed by atoms with van der Waals surface area (Å²) in [6.07, 6.45) is 3.59. The number of aryl methyl sites for hydroxylation is 2. The number of H-pyrrole nitrogens is 1. The summed E-state index contributed by atoms with van der Waals surface area (Å²) in [4.78, 5) is 54.2.